The van der Waals surface area contributed by atoms with Crippen molar-refractivity contribution in [2.75, 3.05) is 14.2 Å². The second kappa shape index (κ2) is 3.96. The molecule has 78 valence electrons. The molecule has 0 fully saturated rings. The zero-order chi connectivity index (χ0) is 10.7. The van der Waals surface area contributed by atoms with Crippen LogP contribution in [0.3, 0.4) is 0 Å². The molecule has 0 bridgehead atoms. The number of aliphatic imine (C=N–C) groups is 1. The molecule has 1 aromatic rings. The molecule has 0 amide bonds. The maximum absolute atomic E-state index is 5.42. The lowest BCUT2D eigenvalue weighted by Gasteiger charge is -2.27. The first-order valence-electron chi connectivity index (χ1n) is 4.73. The van der Waals surface area contributed by atoms with Crippen LogP contribution in [0.15, 0.2) is 35.5 Å². The molecule has 1 aromatic carbocycles. The van der Waals surface area contributed by atoms with Crippen LogP contribution in [0.25, 0.3) is 6.08 Å². The molecule has 0 N–H and O–H groups in total. The minimum absolute atomic E-state index is 0.875. The summed E-state index contributed by atoms with van der Waals surface area (Å²) in [5.41, 5.74) is 2.02. The lowest BCUT2D eigenvalue weighted by Crippen LogP contribution is -2.32. The van der Waals surface area contributed by atoms with Crippen LogP contribution in [0.1, 0.15) is 11.1 Å². The van der Waals surface area contributed by atoms with Gasteiger partial charge in [-0.15, -0.1) is 0 Å². The van der Waals surface area contributed by atoms with E-state index in [-0.39, 0.29) is 0 Å². The summed E-state index contributed by atoms with van der Waals surface area (Å²) in [6.45, 7) is 0. The molecule has 1 aliphatic rings. The summed E-state index contributed by atoms with van der Waals surface area (Å²) in [6, 6.07) is 7.92. The maximum Gasteiger partial charge on any atom is 0.232 e. The largest absolute Gasteiger partial charge is 0.345 e. The monoisotopic (exact) mass is 203 g/mol. The number of rotatable bonds is 2. The van der Waals surface area contributed by atoms with Crippen molar-refractivity contribution < 1.29 is 9.47 Å². The van der Waals surface area contributed by atoms with Gasteiger partial charge in [-0.2, -0.15) is 0 Å². The molecule has 0 spiro atoms. The molecular weight excluding hydrogens is 190 g/mol. The van der Waals surface area contributed by atoms with Gasteiger partial charge in [-0.25, -0.2) is 0 Å². The van der Waals surface area contributed by atoms with E-state index in [4.69, 9.17) is 9.47 Å². The Morgan fingerprint density at radius 2 is 1.87 bits per heavy atom. The van der Waals surface area contributed by atoms with Crippen LogP contribution in [0.2, 0.25) is 0 Å². The van der Waals surface area contributed by atoms with Crippen LogP contribution in [-0.4, -0.2) is 20.4 Å². The molecule has 0 radical (unpaired) electrons. The van der Waals surface area contributed by atoms with Gasteiger partial charge in [0.25, 0.3) is 0 Å². The summed E-state index contributed by atoms with van der Waals surface area (Å²) < 4.78 is 10.8. The van der Waals surface area contributed by atoms with E-state index in [0.717, 1.165) is 11.1 Å². The van der Waals surface area contributed by atoms with Gasteiger partial charge in [-0.3, -0.25) is 4.99 Å². The van der Waals surface area contributed by atoms with Gasteiger partial charge in [-0.1, -0.05) is 24.3 Å². The predicted octanol–water partition coefficient (Wildman–Crippen LogP) is 2.19. The molecular formula is C12H13NO2. The van der Waals surface area contributed by atoms with Crippen molar-refractivity contribution in [2.45, 2.75) is 5.79 Å². The molecule has 3 nitrogen and oxygen atoms in total. The topological polar surface area (TPSA) is 30.8 Å². The maximum atomic E-state index is 5.42. The first kappa shape index (κ1) is 10.1. The second-order valence-corrected chi connectivity index (χ2v) is 3.26. The molecule has 3 heteroatoms. The fourth-order valence-electron chi connectivity index (χ4n) is 1.70. The third-order valence-corrected chi connectivity index (χ3v) is 2.53. The molecule has 1 heterocycles. The van der Waals surface area contributed by atoms with Crippen molar-refractivity contribution in [1.29, 1.82) is 0 Å². The highest BCUT2D eigenvalue weighted by atomic mass is 16.7. The molecule has 1 aliphatic heterocycles. The molecule has 0 saturated heterocycles. The zero-order valence-electron chi connectivity index (χ0n) is 8.81. The van der Waals surface area contributed by atoms with Crippen molar-refractivity contribution in [3.63, 3.8) is 0 Å². The number of fused-ring (bicyclic) bond motifs is 1. The van der Waals surface area contributed by atoms with E-state index in [0.29, 0.717) is 0 Å². The van der Waals surface area contributed by atoms with E-state index in [1.54, 1.807) is 26.6 Å². The minimum Gasteiger partial charge on any atom is -0.345 e. The Hall–Kier alpha value is -1.45. The molecule has 0 unspecified atom stereocenters. The van der Waals surface area contributed by atoms with Gasteiger partial charge >= 0.3 is 0 Å². The first-order chi connectivity index (χ1) is 7.32. The molecule has 0 aromatic heterocycles. The van der Waals surface area contributed by atoms with Crippen molar-refractivity contribution >= 4 is 12.3 Å². The fourth-order valence-corrected chi connectivity index (χ4v) is 1.70. The van der Waals surface area contributed by atoms with Crippen LogP contribution >= 0.6 is 0 Å². The summed E-state index contributed by atoms with van der Waals surface area (Å²) in [5, 5.41) is 0. The Labute approximate surface area is 89.0 Å². The average molecular weight is 203 g/mol. The number of methoxy groups -OCH3 is 2. The van der Waals surface area contributed by atoms with Crippen molar-refractivity contribution in [3.8, 4) is 0 Å². The highest BCUT2D eigenvalue weighted by Gasteiger charge is 2.32. The Kier molecular flexibility index (Phi) is 2.66. The molecule has 0 saturated carbocycles. The molecule has 0 atom stereocenters. The standard InChI is InChI=1S/C12H13NO2/c1-14-12(15-2)9-13-8-7-10-5-3-4-6-11(10)12/h3-9H,1-2H3. The van der Waals surface area contributed by atoms with Gasteiger partial charge in [0.15, 0.2) is 0 Å². The van der Waals surface area contributed by atoms with Crippen LogP contribution in [0, 0.1) is 0 Å². The normalized spacial score (nSPS) is 17.2. The Morgan fingerprint density at radius 1 is 1.13 bits per heavy atom. The van der Waals surface area contributed by atoms with Crippen LogP contribution < -0.4 is 0 Å². The SMILES string of the molecule is COC1(OC)C=NC=Cc2ccccc21. The second-order valence-electron chi connectivity index (χ2n) is 3.26. The quantitative estimate of drug-likeness (QED) is 0.690. The van der Waals surface area contributed by atoms with E-state index < -0.39 is 5.79 Å². The van der Waals surface area contributed by atoms with Crippen LogP contribution in [0.4, 0.5) is 0 Å². The Balaban J connectivity index is 2.61. The third kappa shape index (κ3) is 1.60. The van der Waals surface area contributed by atoms with E-state index in [2.05, 4.69) is 4.99 Å². The fraction of sp³-hybridized carbons (Fsp3) is 0.250. The number of nitrogens with zero attached hydrogens (tertiary/aromatic N) is 1. The Morgan fingerprint density at radius 3 is 2.60 bits per heavy atom. The van der Waals surface area contributed by atoms with Gasteiger partial charge in [0.2, 0.25) is 5.79 Å². The summed E-state index contributed by atoms with van der Waals surface area (Å²) in [5.74, 6) is -0.875. The van der Waals surface area contributed by atoms with Gasteiger partial charge < -0.3 is 9.47 Å². The van der Waals surface area contributed by atoms with Crippen molar-refractivity contribution in [3.05, 3.63) is 41.6 Å². The summed E-state index contributed by atoms with van der Waals surface area (Å²) >= 11 is 0. The number of hydrogen-bond donors (Lipinski definition) is 0. The summed E-state index contributed by atoms with van der Waals surface area (Å²) in [6.07, 6.45) is 5.33. The highest BCUT2D eigenvalue weighted by molar-refractivity contribution is 5.76. The van der Waals surface area contributed by atoms with E-state index >= 15 is 0 Å². The van der Waals surface area contributed by atoms with Crippen molar-refractivity contribution in [1.82, 2.24) is 0 Å². The summed E-state index contributed by atoms with van der Waals surface area (Å²) in [4.78, 5) is 4.13. The van der Waals surface area contributed by atoms with Crippen LogP contribution in [-0.2, 0) is 15.3 Å². The Bertz CT molecular complexity index is 406. The number of hydrogen-bond acceptors (Lipinski definition) is 3. The van der Waals surface area contributed by atoms with E-state index in [1.165, 1.54) is 0 Å². The predicted molar refractivity (Wildman–Crippen MR) is 59.7 cm³/mol. The first-order valence-corrected chi connectivity index (χ1v) is 4.73. The van der Waals surface area contributed by atoms with E-state index in [1.807, 2.05) is 30.3 Å². The van der Waals surface area contributed by atoms with Gasteiger partial charge in [0, 0.05) is 26.0 Å². The van der Waals surface area contributed by atoms with Gasteiger partial charge in [-0.05, 0) is 11.6 Å². The van der Waals surface area contributed by atoms with Gasteiger partial charge in [0.05, 0.1) is 6.21 Å². The zero-order valence-corrected chi connectivity index (χ0v) is 8.81. The minimum atomic E-state index is -0.875. The van der Waals surface area contributed by atoms with Crippen molar-refractivity contribution in [2.24, 2.45) is 4.99 Å². The van der Waals surface area contributed by atoms with Crippen LogP contribution in [0.5, 0.6) is 0 Å². The number of ether oxygens (including phenoxy) is 2. The number of benzene rings is 1. The highest BCUT2D eigenvalue weighted by Crippen LogP contribution is 2.29. The molecule has 2 rings (SSSR count). The lowest BCUT2D eigenvalue weighted by atomic mass is 10.0. The third-order valence-electron chi connectivity index (χ3n) is 2.53. The smallest absolute Gasteiger partial charge is 0.232 e. The average Bonchev–Trinajstić information content (AvgIpc) is 2.49. The lowest BCUT2D eigenvalue weighted by molar-refractivity contribution is -0.156. The van der Waals surface area contributed by atoms with Gasteiger partial charge in [0.1, 0.15) is 0 Å². The summed E-state index contributed by atoms with van der Waals surface area (Å²) in [7, 11) is 3.22. The molecule has 15 heavy (non-hydrogen) atoms. The van der Waals surface area contributed by atoms with E-state index in [9.17, 15) is 0 Å². The molecule has 0 aliphatic carbocycles.